The van der Waals surface area contributed by atoms with Crippen molar-refractivity contribution in [3.05, 3.63) is 108 Å². The van der Waals surface area contributed by atoms with E-state index in [1.807, 2.05) is 71.6 Å². The average Bonchev–Trinajstić information content (AvgIpc) is 2.77. The molecule has 0 bridgehead atoms. The highest BCUT2D eigenvalue weighted by Crippen LogP contribution is 2.26. The lowest BCUT2D eigenvalue weighted by atomic mass is 10.2. The summed E-state index contributed by atoms with van der Waals surface area (Å²) in [7, 11) is 1.28. The van der Waals surface area contributed by atoms with Crippen molar-refractivity contribution in [1.29, 1.82) is 0 Å². The fourth-order valence-corrected chi connectivity index (χ4v) is 2.63. The molecule has 5 nitrogen and oxygen atoms in total. The summed E-state index contributed by atoms with van der Waals surface area (Å²) in [6, 6.07) is 27.8. The van der Waals surface area contributed by atoms with Crippen LogP contribution in [0.1, 0.15) is 10.4 Å². The number of esters is 1. The van der Waals surface area contributed by atoms with Crippen LogP contribution in [-0.2, 0) is 9.53 Å². The number of rotatable bonds is 6. The van der Waals surface area contributed by atoms with Crippen molar-refractivity contribution in [2.24, 2.45) is 0 Å². The Morgan fingerprint density at radius 3 is 1.71 bits per heavy atom. The minimum atomic E-state index is -0.638. The predicted octanol–water partition coefficient (Wildman–Crippen LogP) is 4.27. The van der Waals surface area contributed by atoms with Crippen LogP contribution >= 0.6 is 0 Å². The summed E-state index contributed by atoms with van der Waals surface area (Å²) in [5.74, 6) is -1.03. The van der Waals surface area contributed by atoms with E-state index in [0.29, 0.717) is 5.56 Å². The molecule has 0 heterocycles. The Labute approximate surface area is 163 Å². The van der Waals surface area contributed by atoms with Crippen LogP contribution in [0.4, 0.5) is 11.4 Å². The van der Waals surface area contributed by atoms with Crippen LogP contribution in [0, 0.1) is 0 Å². The molecule has 3 rings (SSSR count). The third-order valence-electron chi connectivity index (χ3n) is 4.02. The van der Waals surface area contributed by atoms with E-state index in [4.69, 9.17) is 4.74 Å². The van der Waals surface area contributed by atoms with Crippen molar-refractivity contribution >= 4 is 23.3 Å². The van der Waals surface area contributed by atoms with Gasteiger partial charge in [-0.2, -0.15) is 0 Å². The van der Waals surface area contributed by atoms with E-state index in [2.05, 4.69) is 5.32 Å². The zero-order valence-corrected chi connectivity index (χ0v) is 15.4. The van der Waals surface area contributed by atoms with Crippen LogP contribution in [0.2, 0.25) is 0 Å². The molecule has 0 saturated heterocycles. The molecule has 0 aliphatic rings. The fourth-order valence-electron chi connectivity index (χ4n) is 2.63. The van der Waals surface area contributed by atoms with Gasteiger partial charge in [-0.25, -0.2) is 4.79 Å². The first-order valence-electron chi connectivity index (χ1n) is 8.75. The number of anilines is 2. The standard InChI is InChI=1S/C23H20N2O3/c1-28-23(27)21(24-22(26)18-11-5-2-6-12-18)17-25(19-13-7-3-8-14-19)20-15-9-4-10-16-20/h2-17H,1H3,(H,24,26)/b21-17+. The maximum Gasteiger partial charge on any atom is 0.356 e. The quantitative estimate of drug-likeness (QED) is 0.519. The van der Waals surface area contributed by atoms with Gasteiger partial charge in [-0.1, -0.05) is 54.6 Å². The Balaban J connectivity index is 2.00. The Bertz CT molecular complexity index is 915. The molecule has 3 aromatic carbocycles. The van der Waals surface area contributed by atoms with Gasteiger partial charge in [0.05, 0.1) is 7.11 Å². The number of nitrogens with one attached hydrogen (secondary N) is 1. The normalized spacial score (nSPS) is 10.8. The summed E-state index contributed by atoms with van der Waals surface area (Å²) >= 11 is 0. The number of hydrogen-bond acceptors (Lipinski definition) is 4. The average molecular weight is 372 g/mol. The molecular formula is C23H20N2O3. The third kappa shape index (κ3) is 4.65. The summed E-state index contributed by atoms with van der Waals surface area (Å²) in [6.07, 6.45) is 1.57. The van der Waals surface area contributed by atoms with E-state index in [9.17, 15) is 9.59 Å². The molecule has 0 radical (unpaired) electrons. The molecule has 3 aromatic rings. The number of methoxy groups -OCH3 is 1. The van der Waals surface area contributed by atoms with Gasteiger partial charge < -0.3 is 15.0 Å². The van der Waals surface area contributed by atoms with Gasteiger partial charge >= 0.3 is 5.97 Å². The van der Waals surface area contributed by atoms with Crippen molar-refractivity contribution < 1.29 is 14.3 Å². The van der Waals surface area contributed by atoms with Crippen LogP contribution in [0.25, 0.3) is 0 Å². The highest BCUT2D eigenvalue weighted by molar-refractivity contribution is 6.01. The van der Waals surface area contributed by atoms with Gasteiger partial charge in [0.2, 0.25) is 0 Å². The second kappa shape index (κ2) is 9.19. The molecule has 0 spiro atoms. The summed E-state index contributed by atoms with van der Waals surface area (Å²) in [6.45, 7) is 0. The number of para-hydroxylation sites is 2. The van der Waals surface area contributed by atoms with E-state index in [0.717, 1.165) is 11.4 Å². The lowest BCUT2D eigenvalue weighted by Gasteiger charge is -2.22. The minimum Gasteiger partial charge on any atom is -0.464 e. The van der Waals surface area contributed by atoms with Crippen molar-refractivity contribution in [3.8, 4) is 0 Å². The van der Waals surface area contributed by atoms with Gasteiger partial charge in [-0.15, -0.1) is 0 Å². The number of carbonyl (C=O) groups is 2. The van der Waals surface area contributed by atoms with E-state index < -0.39 is 11.9 Å². The molecule has 0 atom stereocenters. The molecule has 28 heavy (non-hydrogen) atoms. The van der Waals surface area contributed by atoms with Crippen LogP contribution in [0.3, 0.4) is 0 Å². The molecule has 0 aromatic heterocycles. The lowest BCUT2D eigenvalue weighted by Crippen LogP contribution is -2.30. The van der Waals surface area contributed by atoms with Crippen molar-refractivity contribution in [3.63, 3.8) is 0 Å². The zero-order chi connectivity index (χ0) is 19.8. The van der Waals surface area contributed by atoms with Crippen LogP contribution < -0.4 is 10.2 Å². The maximum absolute atomic E-state index is 12.6. The third-order valence-corrected chi connectivity index (χ3v) is 4.02. The number of benzene rings is 3. The van der Waals surface area contributed by atoms with Crippen LogP contribution in [0.5, 0.6) is 0 Å². The largest absolute Gasteiger partial charge is 0.464 e. The molecule has 1 amide bonds. The van der Waals surface area contributed by atoms with Gasteiger partial charge in [0.15, 0.2) is 0 Å². The number of nitrogens with zero attached hydrogens (tertiary/aromatic N) is 1. The first-order valence-corrected chi connectivity index (χ1v) is 8.75. The second-order valence-corrected chi connectivity index (χ2v) is 5.90. The summed E-state index contributed by atoms with van der Waals surface area (Å²) in [5.41, 5.74) is 2.15. The summed E-state index contributed by atoms with van der Waals surface area (Å²) in [5, 5.41) is 2.66. The van der Waals surface area contributed by atoms with Crippen molar-refractivity contribution in [2.45, 2.75) is 0 Å². The minimum absolute atomic E-state index is 0.0315. The van der Waals surface area contributed by atoms with Gasteiger partial charge in [0.1, 0.15) is 5.70 Å². The second-order valence-electron chi connectivity index (χ2n) is 5.90. The first kappa shape index (κ1) is 18.9. The van der Waals surface area contributed by atoms with Gasteiger partial charge in [0, 0.05) is 23.1 Å². The Kier molecular flexibility index (Phi) is 6.21. The molecule has 5 heteroatoms. The highest BCUT2D eigenvalue weighted by atomic mass is 16.5. The molecule has 1 N–H and O–H groups in total. The number of amides is 1. The van der Waals surface area contributed by atoms with Gasteiger partial charge in [0.25, 0.3) is 5.91 Å². The SMILES string of the molecule is COC(=O)/C(=C\N(c1ccccc1)c1ccccc1)NC(=O)c1ccccc1. The topological polar surface area (TPSA) is 58.6 Å². The molecule has 0 aliphatic carbocycles. The van der Waals surface area contributed by atoms with Crippen molar-refractivity contribution in [1.82, 2.24) is 5.32 Å². The van der Waals surface area contributed by atoms with Crippen LogP contribution in [-0.4, -0.2) is 19.0 Å². The smallest absolute Gasteiger partial charge is 0.356 e. The monoisotopic (exact) mass is 372 g/mol. The van der Waals surface area contributed by atoms with Gasteiger partial charge in [-0.05, 0) is 36.4 Å². The summed E-state index contributed by atoms with van der Waals surface area (Å²) < 4.78 is 4.87. The van der Waals surface area contributed by atoms with Crippen LogP contribution in [0.15, 0.2) is 103 Å². The molecule has 0 fully saturated rings. The number of ether oxygens (including phenoxy) is 1. The zero-order valence-electron chi connectivity index (χ0n) is 15.4. The Morgan fingerprint density at radius 2 is 1.25 bits per heavy atom. The molecule has 0 aliphatic heterocycles. The molecule has 0 unspecified atom stereocenters. The molecular weight excluding hydrogens is 352 g/mol. The lowest BCUT2D eigenvalue weighted by molar-refractivity contribution is -0.136. The maximum atomic E-state index is 12.6. The Hall–Kier alpha value is -3.86. The van der Waals surface area contributed by atoms with E-state index in [1.165, 1.54) is 7.11 Å². The summed E-state index contributed by atoms with van der Waals surface area (Å²) in [4.78, 5) is 26.7. The molecule has 140 valence electrons. The Morgan fingerprint density at radius 1 is 0.786 bits per heavy atom. The van der Waals surface area contributed by atoms with E-state index in [-0.39, 0.29) is 5.70 Å². The van der Waals surface area contributed by atoms with Crippen molar-refractivity contribution in [2.75, 3.05) is 12.0 Å². The van der Waals surface area contributed by atoms with E-state index in [1.54, 1.807) is 30.5 Å². The first-order chi connectivity index (χ1) is 13.7. The number of hydrogen-bond donors (Lipinski definition) is 1. The highest BCUT2D eigenvalue weighted by Gasteiger charge is 2.17. The predicted molar refractivity (Wildman–Crippen MR) is 109 cm³/mol. The van der Waals surface area contributed by atoms with Gasteiger partial charge in [-0.3, -0.25) is 4.79 Å². The number of carbonyl (C=O) groups excluding carboxylic acids is 2. The molecule has 0 saturated carbocycles. The van der Waals surface area contributed by atoms with E-state index >= 15 is 0 Å². The fraction of sp³-hybridized carbons (Fsp3) is 0.0435.